The Balaban J connectivity index is 1.61. The van der Waals surface area contributed by atoms with Gasteiger partial charge in [-0.15, -0.1) is 6.58 Å². The second-order valence-corrected chi connectivity index (χ2v) is 18.0. The predicted octanol–water partition coefficient (Wildman–Crippen LogP) is 4.90. The van der Waals surface area contributed by atoms with Gasteiger partial charge in [-0.25, -0.2) is 21.8 Å². The molecule has 9 heteroatoms. The summed E-state index contributed by atoms with van der Waals surface area (Å²) in [5.41, 5.74) is 5.85. The minimum atomic E-state index is -3.05. The number of Topliss-reactive ketones (excluding diaryl/α,β-unsaturated/α-hetero) is 1. The van der Waals surface area contributed by atoms with Crippen molar-refractivity contribution in [3.8, 4) is 0 Å². The van der Waals surface area contributed by atoms with Crippen molar-refractivity contribution in [2.75, 3.05) is 42.6 Å². The number of benzene rings is 2. The Morgan fingerprint density at radius 1 is 1.02 bits per heavy atom. The number of hydrogen-bond donors (Lipinski definition) is 0. The van der Waals surface area contributed by atoms with E-state index < -0.39 is 35.3 Å². The Morgan fingerprint density at radius 2 is 1.69 bits per heavy atom. The maximum atomic E-state index is 15.8. The van der Waals surface area contributed by atoms with E-state index in [9.17, 15) is 13.2 Å². The van der Waals surface area contributed by atoms with Gasteiger partial charge in [0, 0.05) is 42.1 Å². The zero-order valence-corrected chi connectivity index (χ0v) is 25.9. The lowest BCUT2D eigenvalue weighted by atomic mass is 9.88. The SMILES string of the molecule is C=C[Si]1(C)C2=CC(=[N+]3CCS(=O)(=O)CC3)C=CC2=C(c2c(F)cc(C(C)=O)cc2F)c2ccc(N3CCCCC3)cc21. The van der Waals surface area contributed by atoms with Gasteiger partial charge >= 0.3 is 0 Å². The molecule has 3 aliphatic heterocycles. The topological polar surface area (TPSA) is 57.5 Å². The average Bonchev–Trinajstić information content (AvgIpc) is 2.98. The van der Waals surface area contributed by atoms with E-state index in [-0.39, 0.29) is 22.6 Å². The Morgan fingerprint density at radius 3 is 2.31 bits per heavy atom. The van der Waals surface area contributed by atoms with Crippen molar-refractivity contribution in [3.63, 3.8) is 0 Å². The van der Waals surface area contributed by atoms with Crippen LogP contribution >= 0.6 is 0 Å². The van der Waals surface area contributed by atoms with Crippen LogP contribution < -0.4 is 10.1 Å². The molecule has 1 unspecified atom stereocenters. The van der Waals surface area contributed by atoms with Crippen molar-refractivity contribution in [1.29, 1.82) is 0 Å². The Bertz CT molecular complexity index is 1730. The molecular weight excluding hydrogens is 571 g/mol. The number of piperidine rings is 1. The zero-order valence-electron chi connectivity index (χ0n) is 24.1. The highest BCUT2D eigenvalue weighted by atomic mass is 32.2. The molecule has 6 rings (SSSR count). The first kappa shape index (κ1) is 28.7. The number of halogens is 2. The number of sulfone groups is 1. The lowest BCUT2D eigenvalue weighted by Crippen LogP contribution is -2.51. The van der Waals surface area contributed by atoms with E-state index in [0.717, 1.165) is 71.0 Å². The fraction of sp³-hybridized carbons (Fsp3) is 0.333. The predicted molar refractivity (Wildman–Crippen MR) is 167 cm³/mol. The molecule has 4 aliphatic rings. The highest BCUT2D eigenvalue weighted by Crippen LogP contribution is 2.44. The highest BCUT2D eigenvalue weighted by molar-refractivity contribution is 7.91. The molecule has 0 bridgehead atoms. The monoisotopic (exact) mass is 605 g/mol. The standard InChI is InChI=1S/C33H35F2N2O3SSi/c1-4-42(3)30-20-24(36-12-6-5-7-13-36)8-10-26(30)32(33-28(34)18-23(22(2)38)19-29(33)35)27-11-9-25(21-31(27)42)37-14-16-41(39,40)17-15-37/h4,8-11,18-21H,1,5-7,12-17H2,2-3H3/q+1. The number of ketones is 1. The van der Waals surface area contributed by atoms with E-state index in [4.69, 9.17) is 0 Å². The maximum Gasteiger partial charge on any atom is 0.199 e. The summed E-state index contributed by atoms with van der Waals surface area (Å²) in [6, 6.07) is 8.48. The van der Waals surface area contributed by atoms with Crippen molar-refractivity contribution in [3.05, 3.63) is 99.9 Å². The van der Waals surface area contributed by atoms with Gasteiger partial charge in [0.2, 0.25) is 0 Å². The summed E-state index contributed by atoms with van der Waals surface area (Å²) in [6.45, 7) is 10.5. The van der Waals surface area contributed by atoms with Crippen molar-refractivity contribution >= 4 is 45.9 Å². The Kier molecular flexibility index (Phi) is 7.29. The van der Waals surface area contributed by atoms with E-state index in [1.807, 2.05) is 23.9 Å². The molecule has 5 nitrogen and oxygen atoms in total. The number of fused-ring (bicyclic) bond motifs is 2. The molecule has 218 valence electrons. The first-order valence-electron chi connectivity index (χ1n) is 14.5. The van der Waals surface area contributed by atoms with Crippen LogP contribution in [0.4, 0.5) is 14.5 Å². The van der Waals surface area contributed by atoms with Crippen LogP contribution in [-0.4, -0.2) is 70.2 Å². The van der Waals surface area contributed by atoms with E-state index in [1.165, 1.54) is 13.3 Å². The van der Waals surface area contributed by atoms with E-state index in [0.29, 0.717) is 18.7 Å². The first-order valence-corrected chi connectivity index (χ1v) is 18.9. The molecule has 0 spiro atoms. The summed E-state index contributed by atoms with van der Waals surface area (Å²) in [7, 11) is -5.69. The normalized spacial score (nSPS) is 23.3. The van der Waals surface area contributed by atoms with E-state index in [1.54, 1.807) is 0 Å². The lowest BCUT2D eigenvalue weighted by molar-refractivity contribution is -0.519. The Labute approximate surface area is 247 Å². The van der Waals surface area contributed by atoms with E-state index >= 15 is 8.78 Å². The molecule has 0 radical (unpaired) electrons. The third kappa shape index (κ3) is 4.86. The van der Waals surface area contributed by atoms with Gasteiger partial charge in [0.05, 0.1) is 5.56 Å². The molecular formula is C33H35F2N2O3SSi+. The molecule has 2 aromatic rings. The van der Waals surface area contributed by atoms with Crippen molar-refractivity contribution in [2.45, 2.75) is 32.7 Å². The third-order valence-corrected chi connectivity index (χ3v) is 14.7. The minimum absolute atomic E-state index is 0.00763. The van der Waals surface area contributed by atoms with Crippen LogP contribution in [-0.2, 0) is 9.84 Å². The van der Waals surface area contributed by atoms with Gasteiger partial charge in [0.15, 0.2) is 34.4 Å². The molecule has 2 aromatic carbocycles. The van der Waals surface area contributed by atoms with Gasteiger partial charge in [0.1, 0.15) is 31.2 Å². The summed E-state index contributed by atoms with van der Waals surface area (Å²) in [6.07, 6.45) is 9.37. The smallest absolute Gasteiger partial charge is 0.199 e. The summed E-state index contributed by atoms with van der Waals surface area (Å²) in [5, 5.41) is 2.02. The van der Waals surface area contributed by atoms with Gasteiger partial charge in [0.25, 0.3) is 0 Å². The molecule has 0 aromatic heterocycles. The second kappa shape index (κ2) is 10.7. The van der Waals surface area contributed by atoms with Crippen LogP contribution in [0.1, 0.15) is 47.7 Å². The first-order chi connectivity index (χ1) is 20.0. The van der Waals surface area contributed by atoms with Crippen LogP contribution in [0.15, 0.2) is 71.6 Å². The van der Waals surface area contributed by atoms with Crippen molar-refractivity contribution < 1.29 is 26.6 Å². The van der Waals surface area contributed by atoms with Crippen LogP contribution in [0, 0.1) is 11.6 Å². The average molecular weight is 606 g/mol. The molecule has 2 fully saturated rings. The van der Waals surface area contributed by atoms with Crippen LogP contribution in [0.5, 0.6) is 0 Å². The minimum Gasteiger partial charge on any atom is -0.372 e. The molecule has 3 heterocycles. The number of rotatable bonds is 4. The number of hydrogen-bond acceptors (Lipinski definition) is 4. The number of anilines is 1. The fourth-order valence-electron chi connectivity index (χ4n) is 6.67. The van der Waals surface area contributed by atoms with Crippen molar-refractivity contribution in [2.24, 2.45) is 0 Å². The number of nitrogens with zero attached hydrogens (tertiary/aromatic N) is 2. The van der Waals surface area contributed by atoms with Gasteiger partial charge in [-0.3, -0.25) is 4.79 Å². The summed E-state index contributed by atoms with van der Waals surface area (Å²) < 4.78 is 58.0. The van der Waals surface area contributed by atoms with Crippen LogP contribution in [0.2, 0.25) is 6.55 Å². The van der Waals surface area contributed by atoms with Gasteiger partial charge in [-0.05, 0) is 78.0 Å². The highest BCUT2D eigenvalue weighted by Gasteiger charge is 2.43. The molecule has 42 heavy (non-hydrogen) atoms. The van der Waals surface area contributed by atoms with Crippen LogP contribution in [0.3, 0.4) is 0 Å². The number of carbonyl (C=O) groups excluding carboxylic acids is 1. The Hall–Kier alpha value is -3.43. The second-order valence-electron chi connectivity index (χ2n) is 11.8. The molecule has 0 amide bonds. The molecule has 1 aliphatic carbocycles. The van der Waals surface area contributed by atoms with Crippen molar-refractivity contribution in [1.82, 2.24) is 0 Å². The maximum absolute atomic E-state index is 15.8. The summed E-state index contributed by atoms with van der Waals surface area (Å²) in [4.78, 5) is 14.4. The van der Waals surface area contributed by atoms with Gasteiger partial charge in [-0.1, -0.05) is 18.3 Å². The quantitative estimate of drug-likeness (QED) is 0.283. The van der Waals surface area contributed by atoms with Gasteiger partial charge < -0.3 is 4.90 Å². The molecule has 2 saturated heterocycles. The molecule has 0 N–H and O–H groups in total. The summed E-state index contributed by atoms with van der Waals surface area (Å²) >= 11 is 0. The largest absolute Gasteiger partial charge is 0.372 e. The number of allylic oxidation sites excluding steroid dienone is 5. The third-order valence-electron chi connectivity index (χ3n) is 9.20. The molecule has 0 saturated carbocycles. The lowest BCUT2D eigenvalue weighted by Gasteiger charge is -2.39. The molecule has 1 atom stereocenters. The van der Waals surface area contributed by atoms with Gasteiger partial charge in [-0.2, -0.15) is 0 Å². The zero-order chi connectivity index (χ0) is 29.8. The number of carbonyl (C=O) groups is 1. The van der Waals surface area contributed by atoms with Crippen LogP contribution in [0.25, 0.3) is 5.57 Å². The van der Waals surface area contributed by atoms with E-state index in [2.05, 4.69) is 40.8 Å². The summed E-state index contributed by atoms with van der Waals surface area (Å²) in [5.74, 6) is -1.76. The fourth-order valence-corrected chi connectivity index (χ4v) is 11.0.